The number of hydrogen-bond donors (Lipinski definition) is 2. The summed E-state index contributed by atoms with van der Waals surface area (Å²) in [5.41, 5.74) is 2.60. The van der Waals surface area contributed by atoms with Gasteiger partial charge >= 0.3 is 0 Å². The number of carbonyl (C=O) groups excluding carboxylic acids is 1. The first-order valence-corrected chi connectivity index (χ1v) is 7.02. The van der Waals surface area contributed by atoms with Gasteiger partial charge in [-0.1, -0.05) is 12.1 Å². The fraction of sp³-hybridized carbons (Fsp3) is 0.400. The highest BCUT2D eigenvalue weighted by Crippen LogP contribution is 2.15. The van der Waals surface area contributed by atoms with Crippen LogP contribution < -0.4 is 10.6 Å². The van der Waals surface area contributed by atoms with Gasteiger partial charge in [0.2, 0.25) is 5.89 Å². The van der Waals surface area contributed by atoms with E-state index in [0.29, 0.717) is 17.3 Å². The van der Waals surface area contributed by atoms with E-state index in [4.69, 9.17) is 4.52 Å². The van der Waals surface area contributed by atoms with Crippen LogP contribution in [0, 0.1) is 13.8 Å². The lowest BCUT2D eigenvalue weighted by molar-refractivity contribution is 0.0945. The van der Waals surface area contributed by atoms with Gasteiger partial charge in [-0.3, -0.25) is 4.79 Å². The van der Waals surface area contributed by atoms with Gasteiger partial charge in [0, 0.05) is 17.8 Å². The Kier molecular flexibility index (Phi) is 4.92. The lowest BCUT2D eigenvalue weighted by atomic mass is 10.1. The van der Waals surface area contributed by atoms with Crippen LogP contribution in [0.5, 0.6) is 0 Å². The molecular weight excluding hydrogens is 268 g/mol. The van der Waals surface area contributed by atoms with Crippen molar-refractivity contribution in [1.82, 2.24) is 15.5 Å². The van der Waals surface area contributed by atoms with Crippen molar-refractivity contribution in [1.29, 1.82) is 0 Å². The average Bonchev–Trinajstić information content (AvgIpc) is 2.88. The van der Waals surface area contributed by atoms with E-state index in [0.717, 1.165) is 24.2 Å². The molecule has 0 spiro atoms. The number of hydrogen-bond acceptors (Lipinski definition) is 5. The van der Waals surface area contributed by atoms with Crippen molar-refractivity contribution in [3.05, 3.63) is 41.0 Å². The second-order valence-electron chi connectivity index (χ2n) is 4.87. The standard InChI is InChI=1S/C15H20N4O2/c1-4-7-16-12-5-6-13(10(2)8-12)15(20)17-9-14-18-11(3)19-21-14/h5-6,8,16H,4,7,9H2,1-3H3,(H,17,20). The fourth-order valence-corrected chi connectivity index (χ4v) is 1.96. The topological polar surface area (TPSA) is 80.0 Å². The average molecular weight is 288 g/mol. The van der Waals surface area contributed by atoms with Gasteiger partial charge < -0.3 is 15.2 Å². The van der Waals surface area contributed by atoms with Crippen LogP contribution in [0.1, 0.15) is 41.0 Å². The minimum Gasteiger partial charge on any atom is -0.385 e. The normalized spacial score (nSPS) is 10.4. The van der Waals surface area contributed by atoms with Gasteiger partial charge in [0.15, 0.2) is 5.82 Å². The highest BCUT2D eigenvalue weighted by Gasteiger charge is 2.11. The molecule has 2 N–H and O–H groups in total. The van der Waals surface area contributed by atoms with Crippen LogP contribution in [0.4, 0.5) is 5.69 Å². The highest BCUT2D eigenvalue weighted by atomic mass is 16.5. The molecule has 0 saturated carbocycles. The summed E-state index contributed by atoms with van der Waals surface area (Å²) >= 11 is 0. The van der Waals surface area contributed by atoms with Crippen molar-refractivity contribution in [2.45, 2.75) is 33.7 Å². The minimum absolute atomic E-state index is 0.148. The number of anilines is 1. The zero-order chi connectivity index (χ0) is 15.2. The van der Waals surface area contributed by atoms with Crippen molar-refractivity contribution in [3.8, 4) is 0 Å². The van der Waals surface area contributed by atoms with Crippen molar-refractivity contribution >= 4 is 11.6 Å². The summed E-state index contributed by atoms with van der Waals surface area (Å²) in [6.07, 6.45) is 1.06. The van der Waals surface area contributed by atoms with Crippen molar-refractivity contribution in [2.24, 2.45) is 0 Å². The molecular formula is C15H20N4O2. The quantitative estimate of drug-likeness (QED) is 0.853. The SMILES string of the molecule is CCCNc1ccc(C(=O)NCc2nc(C)no2)c(C)c1. The van der Waals surface area contributed by atoms with Crippen molar-refractivity contribution in [3.63, 3.8) is 0 Å². The first kappa shape index (κ1) is 15.0. The van der Waals surface area contributed by atoms with E-state index in [1.807, 2.05) is 25.1 Å². The van der Waals surface area contributed by atoms with Gasteiger partial charge in [0.05, 0.1) is 6.54 Å². The summed E-state index contributed by atoms with van der Waals surface area (Å²) in [6.45, 7) is 6.92. The molecule has 0 bridgehead atoms. The molecule has 0 aliphatic heterocycles. The summed E-state index contributed by atoms with van der Waals surface area (Å²) in [6, 6.07) is 5.71. The zero-order valence-corrected chi connectivity index (χ0v) is 12.6. The second kappa shape index (κ2) is 6.88. The molecule has 0 unspecified atom stereocenters. The summed E-state index contributed by atoms with van der Waals surface area (Å²) in [7, 11) is 0. The Morgan fingerprint density at radius 2 is 2.14 bits per heavy atom. The summed E-state index contributed by atoms with van der Waals surface area (Å²) in [4.78, 5) is 16.2. The van der Waals surface area contributed by atoms with E-state index in [2.05, 4.69) is 27.7 Å². The molecule has 1 amide bonds. The molecule has 21 heavy (non-hydrogen) atoms. The molecule has 0 atom stereocenters. The van der Waals surface area contributed by atoms with Crippen LogP contribution in [-0.2, 0) is 6.54 Å². The fourth-order valence-electron chi connectivity index (χ4n) is 1.96. The molecule has 6 heteroatoms. The van der Waals surface area contributed by atoms with Crippen molar-refractivity contribution < 1.29 is 9.32 Å². The maximum atomic E-state index is 12.1. The second-order valence-corrected chi connectivity index (χ2v) is 4.87. The number of aromatic nitrogens is 2. The smallest absolute Gasteiger partial charge is 0.251 e. The molecule has 1 heterocycles. The third-order valence-electron chi connectivity index (χ3n) is 3.02. The Morgan fingerprint density at radius 1 is 1.33 bits per heavy atom. The van der Waals surface area contributed by atoms with Crippen LogP contribution in [0.2, 0.25) is 0 Å². The molecule has 2 rings (SSSR count). The van der Waals surface area contributed by atoms with Gasteiger partial charge in [0.25, 0.3) is 5.91 Å². The Labute approximate surface area is 123 Å². The van der Waals surface area contributed by atoms with Gasteiger partial charge in [-0.2, -0.15) is 4.98 Å². The summed E-state index contributed by atoms with van der Waals surface area (Å²) < 4.78 is 4.96. The molecule has 112 valence electrons. The van der Waals surface area contributed by atoms with E-state index in [1.54, 1.807) is 6.92 Å². The summed E-state index contributed by atoms with van der Waals surface area (Å²) in [5, 5.41) is 9.75. The van der Waals surface area contributed by atoms with Gasteiger partial charge in [0.1, 0.15) is 0 Å². The van der Waals surface area contributed by atoms with E-state index < -0.39 is 0 Å². The Bertz CT molecular complexity index is 622. The monoisotopic (exact) mass is 288 g/mol. The molecule has 0 fully saturated rings. The van der Waals surface area contributed by atoms with Gasteiger partial charge in [-0.05, 0) is 44.0 Å². The highest BCUT2D eigenvalue weighted by molar-refractivity contribution is 5.95. The molecule has 1 aromatic heterocycles. The van der Waals surface area contributed by atoms with E-state index in [1.165, 1.54) is 0 Å². The van der Waals surface area contributed by atoms with Crippen LogP contribution >= 0.6 is 0 Å². The zero-order valence-electron chi connectivity index (χ0n) is 12.6. The number of carbonyl (C=O) groups is 1. The van der Waals surface area contributed by atoms with Gasteiger partial charge in [-0.25, -0.2) is 0 Å². The lowest BCUT2D eigenvalue weighted by Crippen LogP contribution is -2.23. The largest absolute Gasteiger partial charge is 0.385 e. The number of amides is 1. The van der Waals surface area contributed by atoms with E-state index in [-0.39, 0.29) is 12.5 Å². The molecule has 6 nitrogen and oxygen atoms in total. The van der Waals surface area contributed by atoms with E-state index >= 15 is 0 Å². The molecule has 0 aliphatic rings. The first-order valence-electron chi connectivity index (χ1n) is 7.02. The van der Waals surface area contributed by atoms with Crippen LogP contribution in [0.3, 0.4) is 0 Å². The summed E-state index contributed by atoms with van der Waals surface area (Å²) in [5.74, 6) is 0.812. The number of nitrogens with one attached hydrogen (secondary N) is 2. The molecule has 0 radical (unpaired) electrons. The number of rotatable bonds is 6. The van der Waals surface area contributed by atoms with Gasteiger partial charge in [-0.15, -0.1) is 0 Å². The third kappa shape index (κ3) is 4.05. The van der Waals surface area contributed by atoms with E-state index in [9.17, 15) is 4.79 Å². The third-order valence-corrected chi connectivity index (χ3v) is 3.02. The first-order chi connectivity index (χ1) is 10.1. The van der Waals surface area contributed by atoms with Crippen molar-refractivity contribution in [2.75, 3.05) is 11.9 Å². The van der Waals surface area contributed by atoms with Crippen LogP contribution in [0.25, 0.3) is 0 Å². The Hall–Kier alpha value is -2.37. The molecule has 2 aromatic rings. The minimum atomic E-state index is -0.148. The number of aryl methyl sites for hydroxylation is 2. The predicted octanol–water partition coefficient (Wildman–Crippen LogP) is 2.44. The lowest BCUT2D eigenvalue weighted by Gasteiger charge is -2.09. The maximum absolute atomic E-state index is 12.1. The molecule has 0 saturated heterocycles. The Morgan fingerprint density at radius 3 is 2.76 bits per heavy atom. The van der Waals surface area contributed by atoms with Crippen LogP contribution in [-0.4, -0.2) is 22.6 Å². The number of benzene rings is 1. The predicted molar refractivity (Wildman–Crippen MR) is 80.2 cm³/mol. The maximum Gasteiger partial charge on any atom is 0.251 e. The molecule has 0 aliphatic carbocycles. The molecule has 1 aromatic carbocycles. The Balaban J connectivity index is 1.98. The van der Waals surface area contributed by atoms with Crippen LogP contribution in [0.15, 0.2) is 22.7 Å². The number of nitrogens with zero attached hydrogens (tertiary/aromatic N) is 2.